The van der Waals surface area contributed by atoms with Crippen molar-refractivity contribution in [3.05, 3.63) is 103 Å². The number of aryl methyl sites for hydroxylation is 1. The Bertz CT molecular complexity index is 1570. The molecule has 0 radical (unpaired) electrons. The molecule has 33 heavy (non-hydrogen) atoms. The monoisotopic (exact) mass is 428 g/mol. The van der Waals surface area contributed by atoms with Crippen molar-refractivity contribution in [2.75, 3.05) is 7.11 Å². The van der Waals surface area contributed by atoms with Crippen molar-refractivity contribution in [2.24, 2.45) is 0 Å². The van der Waals surface area contributed by atoms with Gasteiger partial charge >= 0.3 is 0 Å². The highest BCUT2D eigenvalue weighted by molar-refractivity contribution is 6.10. The Hall–Kier alpha value is -4.11. The maximum atomic E-state index is 5.43. The minimum absolute atomic E-state index is 0.851. The van der Waals surface area contributed by atoms with Crippen LogP contribution in [0.4, 0.5) is 0 Å². The first-order valence-corrected chi connectivity index (χ1v) is 11.3. The minimum Gasteiger partial charge on any atom is -0.497 e. The third-order valence-corrected chi connectivity index (χ3v) is 6.51. The average Bonchev–Trinajstić information content (AvgIpc) is 3.22. The van der Waals surface area contributed by atoms with E-state index in [-0.39, 0.29) is 0 Å². The molecule has 0 aliphatic heterocycles. The van der Waals surface area contributed by atoms with E-state index in [9.17, 15) is 0 Å². The number of hydrogen-bond donors (Lipinski definition) is 0. The maximum absolute atomic E-state index is 5.43. The van der Waals surface area contributed by atoms with Gasteiger partial charge in [-0.3, -0.25) is 4.57 Å². The van der Waals surface area contributed by atoms with Gasteiger partial charge in [-0.15, -0.1) is 0 Å². The second-order valence-electron chi connectivity index (χ2n) is 8.26. The number of fused-ring (bicyclic) bond motifs is 4. The summed E-state index contributed by atoms with van der Waals surface area (Å²) in [5.74, 6) is 1.82. The number of ether oxygens (including phenoxy) is 1. The molecule has 2 heterocycles. The molecule has 2 aromatic heterocycles. The molecular formula is C30H24N2O. The normalized spacial score (nSPS) is 11.5. The van der Waals surface area contributed by atoms with Crippen LogP contribution in [-0.4, -0.2) is 16.7 Å². The Morgan fingerprint density at radius 2 is 1.27 bits per heavy atom. The second kappa shape index (κ2) is 7.79. The van der Waals surface area contributed by atoms with E-state index in [1.54, 1.807) is 7.11 Å². The van der Waals surface area contributed by atoms with Crippen LogP contribution in [0.2, 0.25) is 0 Å². The molecule has 6 rings (SSSR count). The summed E-state index contributed by atoms with van der Waals surface area (Å²) in [6.45, 7) is 2.23. The molecule has 160 valence electrons. The van der Waals surface area contributed by atoms with Crippen LogP contribution in [0.5, 0.6) is 5.75 Å². The number of methoxy groups -OCH3 is 1. The van der Waals surface area contributed by atoms with Crippen LogP contribution in [-0.2, 0) is 6.42 Å². The molecule has 0 saturated carbocycles. The first-order valence-electron chi connectivity index (χ1n) is 11.3. The molecule has 0 aliphatic carbocycles. The van der Waals surface area contributed by atoms with Crippen LogP contribution in [0.1, 0.15) is 12.5 Å². The number of benzene rings is 4. The molecule has 0 aliphatic rings. The van der Waals surface area contributed by atoms with Gasteiger partial charge in [-0.05, 0) is 47.9 Å². The van der Waals surface area contributed by atoms with Gasteiger partial charge in [-0.1, -0.05) is 73.7 Å². The van der Waals surface area contributed by atoms with E-state index in [4.69, 9.17) is 9.72 Å². The third kappa shape index (κ3) is 3.00. The summed E-state index contributed by atoms with van der Waals surface area (Å²) in [5, 5.41) is 3.68. The highest BCUT2D eigenvalue weighted by Gasteiger charge is 2.21. The lowest BCUT2D eigenvalue weighted by molar-refractivity contribution is 0.415. The van der Waals surface area contributed by atoms with E-state index in [0.717, 1.165) is 29.1 Å². The fourth-order valence-corrected chi connectivity index (χ4v) is 5.01. The molecular weight excluding hydrogens is 404 g/mol. The third-order valence-electron chi connectivity index (χ3n) is 6.51. The summed E-state index contributed by atoms with van der Waals surface area (Å²) in [4.78, 5) is 5.28. The Balaban J connectivity index is 1.80. The SMILES string of the molecule is CCc1c(-c2ccc(OC)cc2)c(-n2c3ccccc3c3ccccc32)nc2ccccc12. The fraction of sp³-hybridized carbons (Fsp3) is 0.100. The Labute approximate surface area is 192 Å². The Morgan fingerprint density at radius 1 is 0.697 bits per heavy atom. The maximum Gasteiger partial charge on any atom is 0.146 e. The number of pyridine rings is 1. The molecule has 0 bridgehead atoms. The van der Waals surface area contributed by atoms with E-state index in [1.165, 1.54) is 38.3 Å². The van der Waals surface area contributed by atoms with Gasteiger partial charge < -0.3 is 4.74 Å². The molecule has 0 amide bonds. The van der Waals surface area contributed by atoms with Crippen LogP contribution in [0.3, 0.4) is 0 Å². The first-order chi connectivity index (χ1) is 16.3. The predicted molar refractivity (Wildman–Crippen MR) is 137 cm³/mol. The molecule has 0 N–H and O–H groups in total. The van der Waals surface area contributed by atoms with Gasteiger partial charge in [-0.25, -0.2) is 4.98 Å². The molecule has 3 heteroatoms. The highest BCUT2D eigenvalue weighted by atomic mass is 16.5. The number of para-hydroxylation sites is 3. The van der Waals surface area contributed by atoms with E-state index in [1.807, 2.05) is 12.1 Å². The van der Waals surface area contributed by atoms with E-state index >= 15 is 0 Å². The van der Waals surface area contributed by atoms with Gasteiger partial charge in [0.15, 0.2) is 0 Å². The van der Waals surface area contributed by atoms with Crippen LogP contribution >= 0.6 is 0 Å². The quantitative estimate of drug-likeness (QED) is 0.289. The van der Waals surface area contributed by atoms with Crippen molar-refractivity contribution < 1.29 is 4.74 Å². The van der Waals surface area contributed by atoms with Gasteiger partial charge in [-0.2, -0.15) is 0 Å². The summed E-state index contributed by atoms with van der Waals surface area (Å²) in [6.07, 6.45) is 0.911. The zero-order valence-electron chi connectivity index (χ0n) is 18.7. The molecule has 4 aromatic carbocycles. The molecule has 0 fully saturated rings. The molecule has 0 atom stereocenters. The lowest BCUT2D eigenvalue weighted by Crippen LogP contribution is -2.05. The van der Waals surface area contributed by atoms with Crippen molar-refractivity contribution in [3.63, 3.8) is 0 Å². The van der Waals surface area contributed by atoms with E-state index in [2.05, 4.69) is 96.4 Å². The smallest absolute Gasteiger partial charge is 0.146 e. The number of hydrogen-bond acceptors (Lipinski definition) is 2. The summed E-state index contributed by atoms with van der Waals surface area (Å²) < 4.78 is 7.76. The fourth-order valence-electron chi connectivity index (χ4n) is 5.01. The molecule has 3 nitrogen and oxygen atoms in total. The van der Waals surface area contributed by atoms with Gasteiger partial charge in [0.05, 0.1) is 23.7 Å². The molecule has 6 aromatic rings. The van der Waals surface area contributed by atoms with Crippen LogP contribution in [0.25, 0.3) is 49.7 Å². The van der Waals surface area contributed by atoms with Gasteiger partial charge in [0.25, 0.3) is 0 Å². The van der Waals surface area contributed by atoms with E-state index < -0.39 is 0 Å². The number of aromatic nitrogens is 2. The summed E-state index contributed by atoms with van der Waals surface area (Å²) in [6, 6.07) is 34.0. The highest BCUT2D eigenvalue weighted by Crippen LogP contribution is 2.39. The Morgan fingerprint density at radius 3 is 1.88 bits per heavy atom. The van der Waals surface area contributed by atoms with Gasteiger partial charge in [0.1, 0.15) is 11.6 Å². The van der Waals surface area contributed by atoms with Crippen molar-refractivity contribution in [1.82, 2.24) is 9.55 Å². The van der Waals surface area contributed by atoms with Crippen LogP contribution in [0, 0.1) is 0 Å². The van der Waals surface area contributed by atoms with Crippen molar-refractivity contribution in [2.45, 2.75) is 13.3 Å². The van der Waals surface area contributed by atoms with E-state index in [0.29, 0.717) is 0 Å². The van der Waals surface area contributed by atoms with Gasteiger partial charge in [0, 0.05) is 21.7 Å². The van der Waals surface area contributed by atoms with Crippen molar-refractivity contribution in [3.8, 4) is 22.7 Å². The minimum atomic E-state index is 0.851. The van der Waals surface area contributed by atoms with Crippen LogP contribution in [0.15, 0.2) is 97.1 Å². The van der Waals surface area contributed by atoms with Crippen molar-refractivity contribution >= 4 is 32.7 Å². The van der Waals surface area contributed by atoms with Crippen molar-refractivity contribution in [1.29, 1.82) is 0 Å². The summed E-state index contributed by atoms with van der Waals surface area (Å²) >= 11 is 0. The zero-order chi connectivity index (χ0) is 22.4. The lowest BCUT2D eigenvalue weighted by Gasteiger charge is -2.19. The standard InChI is InChI=1S/C30H24N2O/c1-3-22-23-10-4-7-13-26(23)31-30(29(22)20-16-18-21(33-2)19-17-20)32-27-14-8-5-11-24(27)25-12-6-9-15-28(25)32/h4-19H,3H2,1-2H3. The lowest BCUT2D eigenvalue weighted by atomic mass is 9.94. The zero-order valence-corrected chi connectivity index (χ0v) is 18.7. The van der Waals surface area contributed by atoms with Crippen LogP contribution < -0.4 is 4.74 Å². The summed E-state index contributed by atoms with van der Waals surface area (Å²) in [5.41, 5.74) is 6.97. The number of rotatable bonds is 4. The topological polar surface area (TPSA) is 27.1 Å². The largest absolute Gasteiger partial charge is 0.497 e. The summed E-state index contributed by atoms with van der Waals surface area (Å²) in [7, 11) is 1.70. The number of nitrogens with zero attached hydrogens (tertiary/aromatic N) is 2. The predicted octanol–water partition coefficient (Wildman–Crippen LogP) is 7.57. The Kier molecular flexibility index (Phi) is 4.62. The molecule has 0 saturated heterocycles. The average molecular weight is 429 g/mol. The second-order valence-corrected chi connectivity index (χ2v) is 8.26. The van der Waals surface area contributed by atoms with Gasteiger partial charge in [0.2, 0.25) is 0 Å². The molecule has 0 unspecified atom stereocenters. The first kappa shape index (κ1) is 19.6. The molecule has 0 spiro atoms.